The normalized spacial score (nSPS) is 12.7. The smallest absolute Gasteiger partial charge is 0.326 e. The zero-order chi connectivity index (χ0) is 18.3. The molecule has 1 N–H and O–H groups in total. The fourth-order valence-electron chi connectivity index (χ4n) is 2.93. The summed E-state index contributed by atoms with van der Waals surface area (Å²) in [6.45, 7) is 7.42. The zero-order valence-electron chi connectivity index (χ0n) is 14.6. The van der Waals surface area contributed by atoms with Gasteiger partial charge in [-0.05, 0) is 30.9 Å². The molecular weight excluding hydrogens is 336 g/mol. The number of nitrogens with zero attached hydrogens (tertiary/aromatic N) is 2. The van der Waals surface area contributed by atoms with Crippen LogP contribution in [0.15, 0.2) is 34.4 Å². The molecule has 1 aromatic carbocycles. The van der Waals surface area contributed by atoms with E-state index in [1.54, 1.807) is 6.92 Å². The number of aliphatic carboxylic acids is 1. The standard InChI is InChI=1S/C19H20N2O3S/c1-10(2)13-5-7-14(8-6-13)15-9-25-17-16(15)18(22)21(12(4)20-17)11(3)19(23)24/h5-11H,1-4H3,(H,23,24). The van der Waals surface area contributed by atoms with Crippen molar-refractivity contribution in [3.8, 4) is 11.1 Å². The Hall–Kier alpha value is -2.47. The number of hydrogen-bond donors (Lipinski definition) is 1. The van der Waals surface area contributed by atoms with Crippen LogP contribution < -0.4 is 5.56 Å². The summed E-state index contributed by atoms with van der Waals surface area (Å²) in [6, 6.07) is 7.16. The number of aryl methyl sites for hydroxylation is 1. The highest BCUT2D eigenvalue weighted by atomic mass is 32.1. The second kappa shape index (κ2) is 6.44. The largest absolute Gasteiger partial charge is 0.480 e. The Morgan fingerprint density at radius 2 is 1.84 bits per heavy atom. The second-order valence-electron chi connectivity index (χ2n) is 6.45. The van der Waals surface area contributed by atoms with Crippen molar-refractivity contribution < 1.29 is 9.90 Å². The molecule has 25 heavy (non-hydrogen) atoms. The first-order valence-corrected chi connectivity index (χ1v) is 9.02. The molecule has 1 unspecified atom stereocenters. The molecule has 6 heteroatoms. The predicted octanol–water partition coefficient (Wildman–Crippen LogP) is 4.20. The Kier molecular flexibility index (Phi) is 4.47. The summed E-state index contributed by atoms with van der Waals surface area (Å²) in [7, 11) is 0. The number of carboxylic acid groups (broad SMARTS) is 1. The third-order valence-corrected chi connectivity index (χ3v) is 5.32. The highest BCUT2D eigenvalue weighted by Gasteiger charge is 2.22. The van der Waals surface area contributed by atoms with Gasteiger partial charge in [0.2, 0.25) is 0 Å². The van der Waals surface area contributed by atoms with E-state index in [-0.39, 0.29) is 5.56 Å². The molecule has 0 spiro atoms. The molecule has 0 aliphatic carbocycles. The van der Waals surface area contributed by atoms with E-state index in [2.05, 4.69) is 31.0 Å². The van der Waals surface area contributed by atoms with Crippen molar-refractivity contribution in [3.05, 3.63) is 51.4 Å². The van der Waals surface area contributed by atoms with Crippen molar-refractivity contribution in [3.63, 3.8) is 0 Å². The molecular formula is C19H20N2O3S. The van der Waals surface area contributed by atoms with Gasteiger partial charge >= 0.3 is 5.97 Å². The average molecular weight is 356 g/mol. The molecule has 3 aromatic rings. The van der Waals surface area contributed by atoms with E-state index in [1.807, 2.05) is 17.5 Å². The molecule has 130 valence electrons. The third-order valence-electron chi connectivity index (χ3n) is 4.45. The number of aromatic nitrogens is 2. The summed E-state index contributed by atoms with van der Waals surface area (Å²) < 4.78 is 1.25. The molecule has 0 saturated heterocycles. The predicted molar refractivity (Wildman–Crippen MR) is 100 cm³/mol. The van der Waals surface area contributed by atoms with Crippen LogP contribution in [0.1, 0.15) is 44.1 Å². The minimum atomic E-state index is -1.05. The van der Waals surface area contributed by atoms with Gasteiger partial charge in [0.05, 0.1) is 5.39 Å². The van der Waals surface area contributed by atoms with Crippen LogP contribution in [0, 0.1) is 6.92 Å². The summed E-state index contributed by atoms with van der Waals surface area (Å²) in [6.07, 6.45) is 0. The maximum atomic E-state index is 13.0. The van der Waals surface area contributed by atoms with Crippen LogP contribution in [0.25, 0.3) is 21.3 Å². The van der Waals surface area contributed by atoms with Crippen molar-refractivity contribution >= 4 is 27.5 Å². The van der Waals surface area contributed by atoms with Crippen molar-refractivity contribution in [2.75, 3.05) is 0 Å². The number of rotatable bonds is 4. The number of carbonyl (C=O) groups is 1. The zero-order valence-corrected chi connectivity index (χ0v) is 15.4. The summed E-state index contributed by atoms with van der Waals surface area (Å²) in [4.78, 5) is 29.4. The number of hydrogen-bond acceptors (Lipinski definition) is 4. The highest BCUT2D eigenvalue weighted by Crippen LogP contribution is 2.32. The number of carboxylic acids is 1. The van der Waals surface area contributed by atoms with Crippen LogP contribution in [0.4, 0.5) is 0 Å². The third kappa shape index (κ3) is 2.98. The first kappa shape index (κ1) is 17.4. The molecule has 0 saturated carbocycles. The molecule has 0 bridgehead atoms. The quantitative estimate of drug-likeness (QED) is 0.760. The Balaban J connectivity index is 2.22. The van der Waals surface area contributed by atoms with Gasteiger partial charge < -0.3 is 5.11 Å². The molecule has 5 nitrogen and oxygen atoms in total. The fourth-order valence-corrected chi connectivity index (χ4v) is 3.91. The topological polar surface area (TPSA) is 72.2 Å². The lowest BCUT2D eigenvalue weighted by Crippen LogP contribution is -2.30. The van der Waals surface area contributed by atoms with E-state index in [1.165, 1.54) is 28.4 Å². The summed E-state index contributed by atoms with van der Waals surface area (Å²) in [5.74, 6) is -0.202. The maximum absolute atomic E-state index is 13.0. The molecule has 0 aliphatic rings. The minimum Gasteiger partial charge on any atom is -0.480 e. The maximum Gasteiger partial charge on any atom is 0.326 e. The Bertz CT molecular complexity index is 1000. The van der Waals surface area contributed by atoms with Crippen molar-refractivity contribution in [2.24, 2.45) is 0 Å². The monoisotopic (exact) mass is 356 g/mol. The van der Waals surface area contributed by atoms with Gasteiger partial charge in [-0.2, -0.15) is 0 Å². The van der Waals surface area contributed by atoms with Gasteiger partial charge in [0, 0.05) is 10.9 Å². The number of fused-ring (bicyclic) bond motifs is 1. The fraction of sp³-hybridized carbons (Fsp3) is 0.316. The number of thiophene rings is 1. The first-order chi connectivity index (χ1) is 11.8. The van der Waals surface area contributed by atoms with Crippen LogP contribution in [0.3, 0.4) is 0 Å². The van der Waals surface area contributed by atoms with E-state index < -0.39 is 12.0 Å². The molecule has 0 fully saturated rings. The van der Waals surface area contributed by atoms with Gasteiger partial charge in [-0.25, -0.2) is 9.78 Å². The van der Waals surface area contributed by atoms with E-state index in [9.17, 15) is 14.7 Å². The summed E-state index contributed by atoms with van der Waals surface area (Å²) in [5, 5.41) is 11.7. The lowest BCUT2D eigenvalue weighted by molar-refractivity contribution is -0.140. The lowest BCUT2D eigenvalue weighted by atomic mass is 9.99. The summed E-state index contributed by atoms with van der Waals surface area (Å²) in [5.41, 5.74) is 2.67. The molecule has 2 aromatic heterocycles. The van der Waals surface area contributed by atoms with E-state index in [4.69, 9.17) is 0 Å². The van der Waals surface area contributed by atoms with Crippen LogP contribution in [0.2, 0.25) is 0 Å². The van der Waals surface area contributed by atoms with Crippen LogP contribution >= 0.6 is 11.3 Å². The SMILES string of the molecule is Cc1nc2scc(-c3ccc(C(C)C)cc3)c2c(=O)n1C(C)C(=O)O. The van der Waals surface area contributed by atoms with Gasteiger partial charge in [-0.15, -0.1) is 11.3 Å². The van der Waals surface area contributed by atoms with Gasteiger partial charge in [-0.1, -0.05) is 38.1 Å². The summed E-state index contributed by atoms with van der Waals surface area (Å²) >= 11 is 1.40. The Morgan fingerprint density at radius 3 is 2.40 bits per heavy atom. The molecule has 2 heterocycles. The van der Waals surface area contributed by atoms with Crippen molar-refractivity contribution in [1.82, 2.24) is 9.55 Å². The highest BCUT2D eigenvalue weighted by molar-refractivity contribution is 7.17. The van der Waals surface area contributed by atoms with Gasteiger partial charge in [0.1, 0.15) is 16.7 Å². The molecule has 0 aliphatic heterocycles. The van der Waals surface area contributed by atoms with E-state index in [0.717, 1.165) is 11.1 Å². The van der Waals surface area contributed by atoms with E-state index in [0.29, 0.717) is 22.0 Å². The first-order valence-electron chi connectivity index (χ1n) is 8.14. The van der Waals surface area contributed by atoms with Crippen LogP contribution in [-0.2, 0) is 4.79 Å². The Labute approximate surface area is 149 Å². The molecule has 0 amide bonds. The van der Waals surface area contributed by atoms with Crippen molar-refractivity contribution in [2.45, 2.75) is 39.7 Å². The molecule has 0 radical (unpaired) electrons. The second-order valence-corrected chi connectivity index (χ2v) is 7.31. The molecule has 3 rings (SSSR count). The minimum absolute atomic E-state index is 0.304. The number of benzene rings is 1. The Morgan fingerprint density at radius 1 is 1.20 bits per heavy atom. The van der Waals surface area contributed by atoms with Gasteiger partial charge in [0.15, 0.2) is 0 Å². The molecule has 1 atom stereocenters. The van der Waals surface area contributed by atoms with Gasteiger partial charge in [-0.3, -0.25) is 9.36 Å². The van der Waals surface area contributed by atoms with E-state index >= 15 is 0 Å². The lowest BCUT2D eigenvalue weighted by Gasteiger charge is -2.14. The average Bonchev–Trinajstić information content (AvgIpc) is 2.98. The van der Waals surface area contributed by atoms with Crippen molar-refractivity contribution in [1.29, 1.82) is 0 Å². The van der Waals surface area contributed by atoms with Gasteiger partial charge in [0.25, 0.3) is 5.56 Å². The van der Waals surface area contributed by atoms with Crippen LogP contribution in [-0.4, -0.2) is 20.6 Å². The van der Waals surface area contributed by atoms with Crippen LogP contribution in [0.5, 0.6) is 0 Å².